The molecule has 0 radical (unpaired) electrons. The van der Waals surface area contributed by atoms with Gasteiger partial charge in [0, 0.05) is 11.6 Å². The molecular weight excluding hydrogens is 266 g/mol. The fraction of sp³-hybridized carbons (Fsp3) is 0.500. The summed E-state index contributed by atoms with van der Waals surface area (Å²) in [4.78, 5) is 13.9. The predicted octanol–water partition coefficient (Wildman–Crippen LogP) is 2.27. The van der Waals surface area contributed by atoms with Gasteiger partial charge in [0.15, 0.2) is 0 Å². The average Bonchev–Trinajstić information content (AvgIpc) is 3.18. The van der Waals surface area contributed by atoms with Gasteiger partial charge in [-0.1, -0.05) is 18.2 Å². The molecule has 1 heterocycles. The van der Waals surface area contributed by atoms with Crippen LogP contribution in [0.2, 0.25) is 0 Å². The highest BCUT2D eigenvalue weighted by Crippen LogP contribution is 2.39. The maximum absolute atomic E-state index is 12.5. The van der Waals surface area contributed by atoms with E-state index in [4.69, 9.17) is 0 Å². The highest BCUT2D eigenvalue weighted by molar-refractivity contribution is 5.85. The Morgan fingerprint density at radius 2 is 2.05 bits per heavy atom. The normalized spacial score (nSPS) is 26.4. The van der Waals surface area contributed by atoms with E-state index in [1.54, 1.807) is 30.0 Å². The van der Waals surface area contributed by atoms with Crippen molar-refractivity contribution in [2.24, 2.45) is 0 Å². The molecule has 1 aromatic carbocycles. The third-order valence-corrected chi connectivity index (χ3v) is 3.68. The molecule has 6 heteroatoms. The van der Waals surface area contributed by atoms with Gasteiger partial charge in [-0.2, -0.15) is 8.78 Å². The molecule has 20 heavy (non-hydrogen) atoms. The van der Waals surface area contributed by atoms with E-state index in [0.29, 0.717) is 5.56 Å². The largest absolute Gasteiger partial charge is 0.434 e. The molecule has 0 spiro atoms. The first-order valence-electron chi connectivity index (χ1n) is 6.70. The zero-order chi connectivity index (χ0) is 14.3. The summed E-state index contributed by atoms with van der Waals surface area (Å²) in [5, 5.41) is 3.16. The number of rotatable bonds is 4. The van der Waals surface area contributed by atoms with Gasteiger partial charge in [-0.3, -0.25) is 10.1 Å². The first-order chi connectivity index (χ1) is 9.58. The van der Waals surface area contributed by atoms with Crippen LogP contribution in [0.15, 0.2) is 24.3 Å². The van der Waals surface area contributed by atoms with E-state index >= 15 is 0 Å². The summed E-state index contributed by atoms with van der Waals surface area (Å²) in [6.45, 7) is -1.09. The Kier molecular flexibility index (Phi) is 3.33. The maximum atomic E-state index is 12.5. The monoisotopic (exact) mass is 282 g/mol. The van der Waals surface area contributed by atoms with E-state index in [0.717, 1.165) is 12.8 Å². The summed E-state index contributed by atoms with van der Waals surface area (Å²) >= 11 is 0. The molecule has 1 aliphatic carbocycles. The highest BCUT2D eigenvalue weighted by Gasteiger charge is 2.45. The molecule has 2 atom stereocenters. The Labute approximate surface area is 115 Å². The number of halogens is 2. The molecule has 1 saturated heterocycles. The predicted molar refractivity (Wildman–Crippen MR) is 68.3 cm³/mol. The second kappa shape index (κ2) is 5.01. The van der Waals surface area contributed by atoms with E-state index in [2.05, 4.69) is 10.1 Å². The Bertz CT molecular complexity index is 520. The van der Waals surface area contributed by atoms with Crippen molar-refractivity contribution in [2.75, 3.05) is 0 Å². The van der Waals surface area contributed by atoms with E-state index in [9.17, 15) is 13.6 Å². The van der Waals surface area contributed by atoms with E-state index in [-0.39, 0.29) is 29.9 Å². The third kappa shape index (κ3) is 2.35. The number of para-hydroxylation sites is 1. The molecule has 1 aliphatic heterocycles. The van der Waals surface area contributed by atoms with Crippen molar-refractivity contribution in [1.29, 1.82) is 0 Å². The number of nitrogens with one attached hydrogen (secondary N) is 1. The molecule has 2 unspecified atom stereocenters. The zero-order valence-electron chi connectivity index (χ0n) is 11.1. The molecule has 2 fully saturated rings. The molecule has 1 saturated carbocycles. The minimum absolute atomic E-state index is 0.0179. The van der Waals surface area contributed by atoms with Crippen molar-refractivity contribution in [2.45, 2.75) is 44.6 Å². The third-order valence-electron chi connectivity index (χ3n) is 3.68. The average molecular weight is 282 g/mol. The van der Waals surface area contributed by atoms with Crippen LogP contribution in [0.25, 0.3) is 0 Å². The molecule has 2 aliphatic rings. The van der Waals surface area contributed by atoms with Crippen molar-refractivity contribution >= 4 is 5.91 Å². The van der Waals surface area contributed by atoms with Gasteiger partial charge >= 0.3 is 6.61 Å². The number of benzene rings is 1. The molecule has 4 nitrogen and oxygen atoms in total. The summed E-state index contributed by atoms with van der Waals surface area (Å²) in [6, 6.07) is 6.53. The van der Waals surface area contributed by atoms with Crippen molar-refractivity contribution in [3.05, 3.63) is 29.8 Å². The van der Waals surface area contributed by atoms with Crippen molar-refractivity contribution in [3.63, 3.8) is 0 Å². The van der Waals surface area contributed by atoms with Gasteiger partial charge in [0.05, 0.1) is 6.04 Å². The number of alkyl halides is 2. The van der Waals surface area contributed by atoms with E-state index in [1.165, 1.54) is 6.07 Å². The first-order valence-corrected chi connectivity index (χ1v) is 6.70. The van der Waals surface area contributed by atoms with Crippen LogP contribution in [0.3, 0.4) is 0 Å². The molecule has 108 valence electrons. The van der Waals surface area contributed by atoms with Gasteiger partial charge < -0.3 is 9.64 Å². The van der Waals surface area contributed by atoms with Crippen LogP contribution in [-0.4, -0.2) is 29.5 Å². The van der Waals surface area contributed by atoms with Gasteiger partial charge in [0.2, 0.25) is 5.91 Å². The lowest BCUT2D eigenvalue weighted by Crippen LogP contribution is -2.32. The molecule has 1 amide bonds. The van der Waals surface area contributed by atoms with Gasteiger partial charge in [-0.15, -0.1) is 0 Å². The Hall–Kier alpha value is -1.69. The van der Waals surface area contributed by atoms with Crippen LogP contribution in [0, 0.1) is 0 Å². The topological polar surface area (TPSA) is 41.6 Å². The second-order valence-corrected chi connectivity index (χ2v) is 5.18. The fourth-order valence-electron chi connectivity index (χ4n) is 2.63. The van der Waals surface area contributed by atoms with Crippen molar-refractivity contribution in [3.8, 4) is 5.75 Å². The number of hydrogen-bond donors (Lipinski definition) is 1. The minimum Gasteiger partial charge on any atom is -0.434 e. The van der Waals surface area contributed by atoms with E-state index in [1.807, 2.05) is 0 Å². The quantitative estimate of drug-likeness (QED) is 0.921. The number of ether oxygens (including phenoxy) is 1. The second-order valence-electron chi connectivity index (χ2n) is 5.18. The SMILES string of the molecule is CC1NC(c2ccccc2OC(F)F)N(C2CC2)C1=O. The van der Waals surface area contributed by atoms with Crippen LogP contribution in [0.4, 0.5) is 8.78 Å². The van der Waals surface area contributed by atoms with Crippen LogP contribution in [-0.2, 0) is 4.79 Å². The Morgan fingerprint density at radius 3 is 2.70 bits per heavy atom. The Balaban J connectivity index is 1.93. The van der Waals surface area contributed by atoms with Crippen molar-refractivity contribution in [1.82, 2.24) is 10.2 Å². The zero-order valence-corrected chi connectivity index (χ0v) is 11.1. The smallest absolute Gasteiger partial charge is 0.387 e. The molecular formula is C14H16F2N2O2. The lowest BCUT2D eigenvalue weighted by Gasteiger charge is -2.25. The Morgan fingerprint density at radius 1 is 1.35 bits per heavy atom. The minimum atomic E-state index is -2.87. The summed E-state index contributed by atoms with van der Waals surface area (Å²) in [5.41, 5.74) is 0.581. The number of carbonyl (C=O) groups is 1. The molecule has 1 aromatic rings. The fourth-order valence-corrected chi connectivity index (χ4v) is 2.63. The van der Waals surface area contributed by atoms with Gasteiger partial charge in [-0.05, 0) is 25.8 Å². The number of carbonyl (C=O) groups excluding carboxylic acids is 1. The summed E-state index contributed by atoms with van der Waals surface area (Å²) in [6.07, 6.45) is 1.54. The molecule has 3 rings (SSSR count). The maximum Gasteiger partial charge on any atom is 0.387 e. The van der Waals surface area contributed by atoms with Crippen LogP contribution >= 0.6 is 0 Å². The summed E-state index contributed by atoms with van der Waals surface area (Å²) in [5.74, 6) is 0.136. The number of nitrogens with zero attached hydrogens (tertiary/aromatic N) is 1. The number of hydrogen-bond acceptors (Lipinski definition) is 3. The van der Waals surface area contributed by atoms with E-state index < -0.39 is 6.61 Å². The number of amides is 1. The lowest BCUT2D eigenvalue weighted by atomic mass is 10.1. The first kappa shape index (κ1) is 13.3. The summed E-state index contributed by atoms with van der Waals surface area (Å²) in [7, 11) is 0. The van der Waals surface area contributed by atoms with Gasteiger partial charge in [0.1, 0.15) is 11.9 Å². The van der Waals surface area contributed by atoms with Crippen LogP contribution in [0.1, 0.15) is 31.5 Å². The van der Waals surface area contributed by atoms with Crippen molar-refractivity contribution < 1.29 is 18.3 Å². The standard InChI is InChI=1S/C14H16F2N2O2/c1-8-13(19)18(9-6-7-9)12(17-8)10-4-2-3-5-11(10)20-14(15)16/h2-5,8-9,12,14,17H,6-7H2,1H3. The van der Waals surface area contributed by atoms with Crippen LogP contribution in [0.5, 0.6) is 5.75 Å². The molecule has 0 aromatic heterocycles. The van der Waals surface area contributed by atoms with Gasteiger partial charge in [0.25, 0.3) is 0 Å². The van der Waals surface area contributed by atoms with Crippen LogP contribution < -0.4 is 10.1 Å². The van der Waals surface area contributed by atoms with Gasteiger partial charge in [-0.25, -0.2) is 0 Å². The molecule has 1 N–H and O–H groups in total. The summed E-state index contributed by atoms with van der Waals surface area (Å²) < 4.78 is 29.5. The highest BCUT2D eigenvalue weighted by atomic mass is 19.3. The molecule has 0 bridgehead atoms. The lowest BCUT2D eigenvalue weighted by molar-refractivity contribution is -0.130.